The topological polar surface area (TPSA) is 94.6 Å². The van der Waals surface area contributed by atoms with Gasteiger partial charge in [-0.25, -0.2) is 12.7 Å². The van der Waals surface area contributed by atoms with Crippen molar-refractivity contribution < 1.29 is 23.1 Å². The molecule has 0 N–H and O–H groups in total. The molecule has 3 rings (SSSR count). The van der Waals surface area contributed by atoms with Gasteiger partial charge in [-0.05, 0) is 29.3 Å². The highest BCUT2D eigenvalue weighted by Gasteiger charge is 2.41. The molecule has 114 valence electrons. The first kappa shape index (κ1) is 14.5. The van der Waals surface area contributed by atoms with Gasteiger partial charge in [0, 0.05) is 6.42 Å². The number of hydrogen-bond donors (Lipinski definition) is 0. The Morgan fingerprint density at radius 2 is 1.82 bits per heavy atom. The van der Waals surface area contributed by atoms with Crippen molar-refractivity contribution in [1.82, 2.24) is 4.31 Å². The van der Waals surface area contributed by atoms with Gasteiger partial charge >= 0.3 is 0 Å². The van der Waals surface area contributed by atoms with Crippen LogP contribution in [-0.2, 0) is 19.6 Å². The van der Waals surface area contributed by atoms with Crippen molar-refractivity contribution in [2.24, 2.45) is 0 Å². The monoisotopic (exact) mass is 318 g/mol. The first-order valence-corrected chi connectivity index (χ1v) is 8.12. The van der Waals surface area contributed by atoms with Gasteiger partial charge < -0.3 is 9.90 Å². The van der Waals surface area contributed by atoms with Gasteiger partial charge in [0.1, 0.15) is 0 Å². The van der Waals surface area contributed by atoms with Gasteiger partial charge in [-0.2, -0.15) is 0 Å². The summed E-state index contributed by atoms with van der Waals surface area (Å²) in [6.07, 6.45) is -0.181. The lowest BCUT2D eigenvalue weighted by Crippen LogP contribution is -2.48. The van der Waals surface area contributed by atoms with Crippen molar-refractivity contribution in [2.75, 3.05) is 0 Å². The number of fused-ring (bicyclic) bond motifs is 1. The van der Waals surface area contributed by atoms with Crippen LogP contribution in [0.5, 0.6) is 0 Å². The number of rotatable bonds is 3. The predicted octanol–water partition coefficient (Wildman–Crippen LogP) is 0.269. The van der Waals surface area contributed by atoms with E-state index in [4.69, 9.17) is 0 Å². The number of benzene rings is 2. The average molecular weight is 318 g/mol. The van der Waals surface area contributed by atoms with Crippen molar-refractivity contribution in [1.29, 1.82) is 0 Å². The van der Waals surface area contributed by atoms with Crippen LogP contribution < -0.4 is 5.11 Å². The Labute approximate surface area is 127 Å². The molecule has 0 spiro atoms. The summed E-state index contributed by atoms with van der Waals surface area (Å²) in [7, 11) is -4.21. The van der Waals surface area contributed by atoms with Crippen LogP contribution in [0.3, 0.4) is 0 Å². The minimum atomic E-state index is -4.21. The summed E-state index contributed by atoms with van der Waals surface area (Å²) in [5, 5.41) is 12.6. The van der Waals surface area contributed by atoms with Crippen LogP contribution >= 0.6 is 0 Å². The third kappa shape index (κ3) is 2.23. The van der Waals surface area contributed by atoms with E-state index in [9.17, 15) is 23.1 Å². The maximum absolute atomic E-state index is 12.6. The zero-order valence-corrected chi connectivity index (χ0v) is 12.2. The fourth-order valence-electron chi connectivity index (χ4n) is 2.62. The van der Waals surface area contributed by atoms with Crippen LogP contribution in [0, 0.1) is 0 Å². The van der Waals surface area contributed by atoms with Gasteiger partial charge in [0.15, 0.2) is 0 Å². The normalized spacial score (nSPS) is 18.8. The highest BCUT2D eigenvalue weighted by atomic mass is 32.2. The number of carbonyl (C=O) groups is 2. The van der Waals surface area contributed by atoms with Crippen LogP contribution in [0.2, 0.25) is 0 Å². The Morgan fingerprint density at radius 1 is 1.14 bits per heavy atom. The van der Waals surface area contributed by atoms with Gasteiger partial charge in [-0.3, -0.25) is 4.79 Å². The molecule has 0 radical (unpaired) electrons. The smallest absolute Gasteiger partial charge is 0.267 e. The molecule has 1 saturated heterocycles. The molecule has 0 aromatic heterocycles. The number of carbonyl (C=O) groups excluding carboxylic acids is 2. The molecule has 1 amide bonds. The lowest BCUT2D eigenvalue weighted by molar-refractivity contribution is -0.309. The van der Waals surface area contributed by atoms with Crippen LogP contribution in [0.15, 0.2) is 47.4 Å². The Bertz CT molecular complexity index is 874. The number of hydrogen-bond acceptors (Lipinski definition) is 5. The molecule has 0 unspecified atom stereocenters. The molecule has 0 bridgehead atoms. The number of carboxylic acid groups (broad SMARTS) is 1. The molecule has 1 aliphatic heterocycles. The van der Waals surface area contributed by atoms with Crippen molar-refractivity contribution in [3.05, 3.63) is 42.5 Å². The Morgan fingerprint density at radius 3 is 2.50 bits per heavy atom. The quantitative estimate of drug-likeness (QED) is 0.809. The van der Waals surface area contributed by atoms with E-state index in [1.54, 1.807) is 18.2 Å². The molecule has 7 heteroatoms. The third-order valence-electron chi connectivity index (χ3n) is 3.71. The summed E-state index contributed by atoms with van der Waals surface area (Å²) in [5.41, 5.74) is 0. The Hall–Kier alpha value is -2.41. The molecule has 22 heavy (non-hydrogen) atoms. The molecular weight excluding hydrogens is 306 g/mol. The van der Waals surface area contributed by atoms with E-state index >= 15 is 0 Å². The van der Waals surface area contributed by atoms with E-state index in [0.717, 1.165) is 5.39 Å². The molecule has 1 fully saturated rings. The first-order valence-electron chi connectivity index (χ1n) is 6.68. The number of sulfonamides is 1. The molecule has 0 saturated carbocycles. The summed E-state index contributed by atoms with van der Waals surface area (Å²) in [6, 6.07) is 10.2. The fourth-order valence-corrected chi connectivity index (χ4v) is 4.25. The maximum Gasteiger partial charge on any atom is 0.267 e. The van der Waals surface area contributed by atoms with Crippen molar-refractivity contribution >= 4 is 32.7 Å². The second-order valence-corrected chi connectivity index (χ2v) is 6.89. The standard InChI is InChI=1S/C15H13NO5S/c17-14-8-7-13(15(18)19)16(14)22(20,21)12-6-5-10-3-1-2-4-11(10)9-12/h1-6,9,13H,7-8H2,(H,18,19)/p-1/t13-/m0/s1. The van der Waals surface area contributed by atoms with E-state index in [-0.39, 0.29) is 17.7 Å². The molecular formula is C15H12NO5S-. The number of amides is 1. The average Bonchev–Trinajstić information content (AvgIpc) is 2.89. The van der Waals surface area contributed by atoms with Gasteiger partial charge in [-0.15, -0.1) is 0 Å². The summed E-state index contributed by atoms with van der Waals surface area (Å²) in [5.74, 6) is -2.28. The number of nitrogens with zero attached hydrogens (tertiary/aromatic N) is 1. The molecule has 1 atom stereocenters. The third-order valence-corrected chi connectivity index (χ3v) is 5.54. The van der Waals surface area contributed by atoms with Gasteiger partial charge in [0.2, 0.25) is 5.91 Å². The lowest BCUT2D eigenvalue weighted by atomic mass is 10.1. The van der Waals surface area contributed by atoms with Gasteiger partial charge in [-0.1, -0.05) is 30.3 Å². The van der Waals surface area contributed by atoms with Crippen molar-refractivity contribution in [3.8, 4) is 0 Å². The molecule has 6 nitrogen and oxygen atoms in total. The molecule has 1 heterocycles. The highest BCUT2D eigenvalue weighted by molar-refractivity contribution is 7.89. The van der Waals surface area contributed by atoms with Crippen molar-refractivity contribution in [2.45, 2.75) is 23.8 Å². The van der Waals surface area contributed by atoms with Gasteiger partial charge in [0.25, 0.3) is 10.0 Å². The second kappa shape index (κ2) is 5.10. The number of carboxylic acids is 1. The van der Waals surface area contributed by atoms with E-state index < -0.39 is 27.9 Å². The second-order valence-electron chi connectivity index (χ2n) is 5.08. The summed E-state index contributed by atoms with van der Waals surface area (Å²) in [4.78, 5) is 22.8. The van der Waals surface area contributed by atoms with Crippen LogP contribution in [0.1, 0.15) is 12.8 Å². The molecule has 2 aromatic rings. The Balaban J connectivity index is 2.11. The molecule has 0 aliphatic carbocycles. The predicted molar refractivity (Wildman–Crippen MR) is 76.0 cm³/mol. The first-order chi connectivity index (χ1) is 10.4. The van der Waals surface area contributed by atoms with E-state index in [0.29, 0.717) is 9.69 Å². The maximum atomic E-state index is 12.6. The van der Waals surface area contributed by atoms with Crippen molar-refractivity contribution in [3.63, 3.8) is 0 Å². The van der Waals surface area contributed by atoms with E-state index in [2.05, 4.69) is 0 Å². The number of aliphatic carboxylic acids is 1. The van der Waals surface area contributed by atoms with Crippen LogP contribution in [-0.4, -0.2) is 30.6 Å². The van der Waals surface area contributed by atoms with Crippen LogP contribution in [0.25, 0.3) is 10.8 Å². The zero-order chi connectivity index (χ0) is 15.9. The minimum Gasteiger partial charge on any atom is -0.548 e. The largest absolute Gasteiger partial charge is 0.548 e. The minimum absolute atomic E-state index is 0.0615. The van der Waals surface area contributed by atoms with Crippen LogP contribution in [0.4, 0.5) is 0 Å². The van der Waals surface area contributed by atoms with E-state index in [1.807, 2.05) is 12.1 Å². The van der Waals surface area contributed by atoms with E-state index in [1.165, 1.54) is 12.1 Å². The SMILES string of the molecule is O=C([O-])[C@@H]1CCC(=O)N1S(=O)(=O)c1ccc2ccccc2c1. The van der Waals surface area contributed by atoms with Gasteiger partial charge in [0.05, 0.1) is 16.9 Å². The summed E-state index contributed by atoms with van der Waals surface area (Å²) in [6.45, 7) is 0. The fraction of sp³-hybridized carbons (Fsp3) is 0.200. The summed E-state index contributed by atoms with van der Waals surface area (Å²) < 4.78 is 25.7. The molecule has 1 aliphatic rings. The zero-order valence-electron chi connectivity index (χ0n) is 11.4. The lowest BCUT2D eigenvalue weighted by Gasteiger charge is -2.25. The highest BCUT2D eigenvalue weighted by Crippen LogP contribution is 2.28. The summed E-state index contributed by atoms with van der Waals surface area (Å²) >= 11 is 0. The Kier molecular flexibility index (Phi) is 3.37. The molecule has 2 aromatic carbocycles.